The molecule has 10 nitrogen and oxygen atoms in total. The van der Waals surface area contributed by atoms with Crippen molar-refractivity contribution in [1.82, 2.24) is 14.1 Å². The molecule has 1 aromatic carbocycles. The minimum Gasteiger partial charge on any atom is -0.461 e. The summed E-state index contributed by atoms with van der Waals surface area (Å²) in [6.07, 6.45) is 0.975. The first-order valence-corrected chi connectivity index (χ1v) is 12.3. The molecule has 13 heteroatoms. The lowest BCUT2D eigenvalue weighted by molar-refractivity contribution is -0.116. The number of amides is 1. The normalized spacial score (nSPS) is 11.7. The number of esters is 1. The van der Waals surface area contributed by atoms with E-state index in [1.165, 1.54) is 12.4 Å². The van der Waals surface area contributed by atoms with Crippen molar-refractivity contribution in [2.24, 2.45) is 0 Å². The van der Waals surface area contributed by atoms with Crippen LogP contribution < -0.4 is 10.9 Å². The molecule has 3 aromatic rings. The van der Waals surface area contributed by atoms with Gasteiger partial charge in [-0.05, 0) is 31.2 Å². The average Bonchev–Trinajstić information content (AvgIpc) is 3.12. The van der Waals surface area contributed by atoms with E-state index < -0.39 is 34.0 Å². The Labute approximate surface area is 192 Å². The lowest BCUT2D eigenvalue weighted by Crippen LogP contribution is -2.34. The van der Waals surface area contributed by atoms with E-state index in [2.05, 4.69) is 10.4 Å². The number of carbonyl (C=O) groups is 2. The van der Waals surface area contributed by atoms with E-state index in [1.807, 2.05) is 0 Å². The second-order valence-electron chi connectivity index (χ2n) is 6.68. The Morgan fingerprint density at radius 2 is 1.94 bits per heavy atom. The van der Waals surface area contributed by atoms with Crippen LogP contribution >= 0.6 is 22.9 Å². The van der Waals surface area contributed by atoms with Gasteiger partial charge in [0.2, 0.25) is 15.9 Å². The van der Waals surface area contributed by atoms with E-state index in [1.54, 1.807) is 31.2 Å². The molecule has 3 rings (SSSR count). The topological polar surface area (TPSA) is 128 Å². The molecule has 1 amide bonds. The number of aromatic nitrogens is 2. The molecule has 2 aromatic heterocycles. The van der Waals surface area contributed by atoms with Crippen LogP contribution in [0.1, 0.15) is 17.4 Å². The van der Waals surface area contributed by atoms with Crippen molar-refractivity contribution in [3.05, 3.63) is 50.7 Å². The Hall–Kier alpha value is -2.80. The lowest BCUT2D eigenvalue weighted by atomic mass is 10.2. The molecular weight excluding hydrogens is 480 g/mol. The molecule has 0 aliphatic carbocycles. The van der Waals surface area contributed by atoms with Crippen molar-refractivity contribution in [3.63, 3.8) is 0 Å². The van der Waals surface area contributed by atoms with Gasteiger partial charge in [-0.3, -0.25) is 9.59 Å². The van der Waals surface area contributed by atoms with E-state index in [-0.39, 0.29) is 28.1 Å². The minimum absolute atomic E-state index is 0.0540. The standard InChI is InChI=1S/C19H19ClN4O6S2/c1-4-30-19(27)16-13-10-31-17(21-14(25)9-23(2)32(3,28)29)15(13)18(26)24(22-16)12-7-5-11(20)6-8-12/h5-8,10H,4,9H2,1-3H3,(H,21,25). The van der Waals surface area contributed by atoms with Crippen molar-refractivity contribution in [2.45, 2.75) is 6.92 Å². The number of fused-ring (bicyclic) bond motifs is 1. The number of likely N-dealkylation sites (N-methyl/N-ethyl adjacent to an activating group) is 1. The van der Waals surface area contributed by atoms with Crippen LogP contribution in [0.15, 0.2) is 34.4 Å². The lowest BCUT2D eigenvalue weighted by Gasteiger charge is -2.13. The van der Waals surface area contributed by atoms with Gasteiger partial charge in [0.25, 0.3) is 5.56 Å². The molecule has 0 spiro atoms. The molecule has 0 saturated heterocycles. The maximum Gasteiger partial charge on any atom is 0.359 e. The van der Waals surface area contributed by atoms with Gasteiger partial charge in [-0.15, -0.1) is 11.3 Å². The first-order chi connectivity index (χ1) is 15.0. The molecule has 0 atom stereocenters. The predicted octanol–water partition coefficient (Wildman–Crippen LogP) is 2.11. The molecule has 170 valence electrons. The summed E-state index contributed by atoms with van der Waals surface area (Å²) in [6, 6.07) is 6.25. The van der Waals surface area contributed by atoms with E-state index in [4.69, 9.17) is 16.3 Å². The van der Waals surface area contributed by atoms with Gasteiger partial charge in [0.1, 0.15) is 5.00 Å². The van der Waals surface area contributed by atoms with Crippen molar-refractivity contribution >= 4 is 60.6 Å². The molecule has 0 fully saturated rings. The summed E-state index contributed by atoms with van der Waals surface area (Å²) >= 11 is 6.93. The summed E-state index contributed by atoms with van der Waals surface area (Å²) in [4.78, 5) is 38.2. The smallest absolute Gasteiger partial charge is 0.359 e. The molecule has 2 heterocycles. The zero-order chi connectivity index (χ0) is 23.6. The van der Waals surface area contributed by atoms with E-state index in [0.29, 0.717) is 10.7 Å². The van der Waals surface area contributed by atoms with Crippen molar-refractivity contribution in [2.75, 3.05) is 31.8 Å². The Morgan fingerprint density at radius 3 is 2.53 bits per heavy atom. The third-order valence-corrected chi connectivity index (χ3v) is 6.79. The van der Waals surface area contributed by atoms with Crippen LogP contribution in [0.2, 0.25) is 5.02 Å². The number of nitrogens with one attached hydrogen (secondary N) is 1. The number of anilines is 1. The average molecular weight is 499 g/mol. The number of nitrogens with zero attached hydrogens (tertiary/aromatic N) is 3. The van der Waals surface area contributed by atoms with Crippen LogP contribution in [-0.2, 0) is 19.6 Å². The number of carbonyl (C=O) groups excluding carboxylic acids is 2. The fourth-order valence-corrected chi connectivity index (χ4v) is 4.17. The first kappa shape index (κ1) is 23.9. The third-order valence-electron chi connectivity index (χ3n) is 4.38. The maximum absolute atomic E-state index is 13.3. The maximum atomic E-state index is 13.3. The molecule has 0 unspecified atom stereocenters. The molecule has 0 aliphatic heterocycles. The minimum atomic E-state index is -3.57. The molecule has 0 aliphatic rings. The third kappa shape index (κ3) is 4.99. The fourth-order valence-electron chi connectivity index (χ4n) is 2.73. The largest absolute Gasteiger partial charge is 0.461 e. The summed E-state index contributed by atoms with van der Waals surface area (Å²) in [5.74, 6) is -1.37. The van der Waals surface area contributed by atoms with E-state index >= 15 is 0 Å². The zero-order valence-electron chi connectivity index (χ0n) is 17.3. The fraction of sp³-hybridized carbons (Fsp3) is 0.263. The Kier molecular flexibility index (Phi) is 6.98. The van der Waals surface area contributed by atoms with Gasteiger partial charge in [-0.25, -0.2) is 13.2 Å². The number of hydrogen-bond acceptors (Lipinski definition) is 8. The van der Waals surface area contributed by atoms with Gasteiger partial charge in [-0.1, -0.05) is 11.6 Å². The van der Waals surface area contributed by atoms with Crippen LogP contribution in [0.25, 0.3) is 16.5 Å². The molecule has 0 radical (unpaired) electrons. The highest BCUT2D eigenvalue weighted by Crippen LogP contribution is 2.30. The number of halogens is 1. The van der Waals surface area contributed by atoms with Gasteiger partial charge in [-0.2, -0.15) is 14.1 Å². The Morgan fingerprint density at radius 1 is 1.28 bits per heavy atom. The highest BCUT2D eigenvalue weighted by Gasteiger charge is 2.24. The molecular formula is C19H19ClN4O6S2. The van der Waals surface area contributed by atoms with Crippen molar-refractivity contribution < 1.29 is 22.7 Å². The van der Waals surface area contributed by atoms with Crippen LogP contribution in [-0.4, -0.2) is 60.8 Å². The van der Waals surface area contributed by atoms with E-state index in [0.717, 1.165) is 26.6 Å². The van der Waals surface area contributed by atoms with Crippen LogP contribution in [0.3, 0.4) is 0 Å². The number of sulfonamides is 1. The summed E-state index contributed by atoms with van der Waals surface area (Å²) in [7, 11) is -2.31. The van der Waals surface area contributed by atoms with Crippen LogP contribution in [0.4, 0.5) is 5.00 Å². The predicted molar refractivity (Wildman–Crippen MR) is 122 cm³/mol. The van der Waals surface area contributed by atoms with Crippen LogP contribution in [0, 0.1) is 0 Å². The van der Waals surface area contributed by atoms with Gasteiger partial charge in [0, 0.05) is 22.8 Å². The number of rotatable bonds is 7. The first-order valence-electron chi connectivity index (χ1n) is 9.21. The van der Waals surface area contributed by atoms with E-state index in [9.17, 15) is 22.8 Å². The molecule has 1 N–H and O–H groups in total. The highest BCUT2D eigenvalue weighted by atomic mass is 35.5. The number of hydrogen-bond donors (Lipinski definition) is 1. The summed E-state index contributed by atoms with van der Waals surface area (Å²) in [6.45, 7) is 1.30. The Balaban J connectivity index is 2.13. The van der Waals surface area contributed by atoms with Gasteiger partial charge < -0.3 is 10.1 Å². The number of benzene rings is 1. The summed E-state index contributed by atoms with van der Waals surface area (Å²) < 4.78 is 30.1. The second kappa shape index (κ2) is 9.36. The molecule has 0 bridgehead atoms. The van der Waals surface area contributed by atoms with Crippen molar-refractivity contribution in [3.8, 4) is 5.69 Å². The summed E-state index contributed by atoms with van der Waals surface area (Å²) in [5, 5.41) is 9.13. The van der Waals surface area contributed by atoms with Crippen LogP contribution in [0.5, 0.6) is 0 Å². The second-order valence-corrected chi connectivity index (χ2v) is 10.1. The molecule has 32 heavy (non-hydrogen) atoms. The number of ether oxygens (including phenoxy) is 1. The van der Waals surface area contributed by atoms with Gasteiger partial charge in [0.15, 0.2) is 5.69 Å². The monoisotopic (exact) mass is 498 g/mol. The van der Waals surface area contributed by atoms with Gasteiger partial charge in [0.05, 0.1) is 30.5 Å². The van der Waals surface area contributed by atoms with Gasteiger partial charge >= 0.3 is 5.97 Å². The Bertz CT molecular complexity index is 1350. The highest BCUT2D eigenvalue weighted by molar-refractivity contribution is 7.88. The number of thiophene rings is 1. The van der Waals surface area contributed by atoms with Crippen molar-refractivity contribution in [1.29, 1.82) is 0 Å². The quantitative estimate of drug-likeness (QED) is 0.494. The summed E-state index contributed by atoms with van der Waals surface area (Å²) in [5.41, 5.74) is -0.322. The SMILES string of the molecule is CCOC(=O)c1nn(-c2ccc(Cl)cc2)c(=O)c2c(NC(=O)CN(C)S(C)(=O)=O)scc12. The zero-order valence-corrected chi connectivity index (χ0v) is 19.7. The molecule has 0 saturated carbocycles.